The second-order valence-corrected chi connectivity index (χ2v) is 9.44. The number of aromatic nitrogens is 3. The van der Waals surface area contributed by atoms with E-state index in [2.05, 4.69) is 45.8 Å². The van der Waals surface area contributed by atoms with Crippen LogP contribution in [0.1, 0.15) is 44.0 Å². The number of likely N-dealkylation sites (tertiary alicyclic amines) is 1. The Bertz CT molecular complexity index is 1050. The summed E-state index contributed by atoms with van der Waals surface area (Å²) in [6.45, 7) is 5.96. The topological polar surface area (TPSA) is 55.5 Å². The Labute approximate surface area is 184 Å². The highest BCUT2D eigenvalue weighted by atomic mass is 16.5. The first-order valence-electron chi connectivity index (χ1n) is 11.6. The number of hydrogen-bond donors (Lipinski definition) is 1. The van der Waals surface area contributed by atoms with E-state index in [1.165, 1.54) is 22.9 Å². The number of nitrogens with zero attached hydrogens (tertiary/aromatic N) is 4. The molecule has 2 aliphatic rings. The minimum absolute atomic E-state index is 0.222. The fraction of sp³-hybridized carbons (Fsp3) is 0.560. The SMILES string of the molecule is CCCn1cc(CN2C[C@@H]3CCC[C@@H](C2)C3(O)c2nccn2C)c2cc(OC)ccc21. The minimum atomic E-state index is -0.813. The van der Waals surface area contributed by atoms with Gasteiger partial charge in [0.1, 0.15) is 17.2 Å². The van der Waals surface area contributed by atoms with Crippen molar-refractivity contribution in [3.8, 4) is 5.75 Å². The second-order valence-electron chi connectivity index (χ2n) is 9.44. The van der Waals surface area contributed by atoms with Crippen LogP contribution in [-0.2, 0) is 25.7 Å². The predicted molar refractivity (Wildman–Crippen MR) is 122 cm³/mol. The van der Waals surface area contributed by atoms with Gasteiger partial charge in [0.15, 0.2) is 0 Å². The molecule has 1 N–H and O–H groups in total. The first-order chi connectivity index (χ1) is 15.0. The molecule has 6 heteroatoms. The molecular weight excluding hydrogens is 388 g/mol. The number of ether oxygens (including phenoxy) is 1. The number of rotatable bonds is 6. The second kappa shape index (κ2) is 7.99. The molecule has 0 unspecified atom stereocenters. The van der Waals surface area contributed by atoms with Crippen molar-refractivity contribution in [2.45, 2.75) is 51.3 Å². The summed E-state index contributed by atoms with van der Waals surface area (Å²) >= 11 is 0. The number of aliphatic hydroxyl groups is 1. The molecule has 6 nitrogen and oxygen atoms in total. The Balaban J connectivity index is 1.45. The van der Waals surface area contributed by atoms with Gasteiger partial charge in [0, 0.05) is 74.6 Å². The molecule has 5 rings (SSSR count). The van der Waals surface area contributed by atoms with E-state index < -0.39 is 5.60 Å². The van der Waals surface area contributed by atoms with E-state index in [1.54, 1.807) is 7.11 Å². The summed E-state index contributed by atoms with van der Waals surface area (Å²) in [4.78, 5) is 7.12. The van der Waals surface area contributed by atoms with Crippen molar-refractivity contribution in [3.63, 3.8) is 0 Å². The molecule has 1 aliphatic heterocycles. The van der Waals surface area contributed by atoms with Gasteiger partial charge in [-0.15, -0.1) is 0 Å². The summed E-state index contributed by atoms with van der Waals surface area (Å²) in [6.07, 6.45) is 10.5. The van der Waals surface area contributed by atoms with E-state index in [0.29, 0.717) is 0 Å². The maximum Gasteiger partial charge on any atom is 0.141 e. The van der Waals surface area contributed by atoms with E-state index in [9.17, 15) is 5.11 Å². The Hall–Kier alpha value is -2.31. The molecule has 31 heavy (non-hydrogen) atoms. The lowest BCUT2D eigenvalue weighted by Gasteiger charge is -2.52. The highest BCUT2D eigenvalue weighted by Crippen LogP contribution is 2.48. The summed E-state index contributed by atoms with van der Waals surface area (Å²) in [6, 6.07) is 6.40. The zero-order valence-corrected chi connectivity index (χ0v) is 18.9. The fourth-order valence-corrected chi connectivity index (χ4v) is 6.06. The van der Waals surface area contributed by atoms with E-state index >= 15 is 0 Å². The van der Waals surface area contributed by atoms with Crippen LogP contribution in [0.4, 0.5) is 0 Å². The molecular formula is C25H34N4O2. The van der Waals surface area contributed by atoms with Crippen LogP contribution < -0.4 is 4.74 Å². The average Bonchev–Trinajstić information content (AvgIpc) is 3.33. The fourth-order valence-electron chi connectivity index (χ4n) is 6.06. The van der Waals surface area contributed by atoms with Crippen molar-refractivity contribution < 1.29 is 9.84 Å². The maximum absolute atomic E-state index is 11.9. The van der Waals surface area contributed by atoms with Gasteiger partial charge in [-0.25, -0.2) is 4.98 Å². The summed E-state index contributed by atoms with van der Waals surface area (Å²) in [5.41, 5.74) is 1.81. The lowest BCUT2D eigenvalue weighted by molar-refractivity contribution is -0.155. The number of piperidine rings is 1. The predicted octanol–water partition coefficient (Wildman–Crippen LogP) is 3.91. The van der Waals surface area contributed by atoms with Crippen LogP contribution in [0.25, 0.3) is 10.9 Å². The van der Waals surface area contributed by atoms with Crippen LogP contribution in [0.5, 0.6) is 5.75 Å². The van der Waals surface area contributed by atoms with Gasteiger partial charge < -0.3 is 19.0 Å². The largest absolute Gasteiger partial charge is 0.497 e. The minimum Gasteiger partial charge on any atom is -0.497 e. The lowest BCUT2D eigenvalue weighted by Crippen LogP contribution is -2.58. The number of aryl methyl sites for hydroxylation is 2. The molecule has 2 bridgehead atoms. The quantitative estimate of drug-likeness (QED) is 0.654. The summed E-state index contributed by atoms with van der Waals surface area (Å²) in [7, 11) is 3.73. The van der Waals surface area contributed by atoms with Gasteiger partial charge in [0.05, 0.1) is 7.11 Å². The van der Waals surface area contributed by atoms with Crippen LogP contribution in [-0.4, -0.2) is 44.3 Å². The van der Waals surface area contributed by atoms with Gasteiger partial charge in [0.2, 0.25) is 0 Å². The van der Waals surface area contributed by atoms with Crippen LogP contribution in [0, 0.1) is 11.8 Å². The maximum atomic E-state index is 11.9. The molecule has 0 amide bonds. The standard InChI is InChI=1S/C25H34N4O2/c1-4-11-29-15-18(22-13-21(31-3)8-9-23(22)29)14-28-16-19-6-5-7-20(17-28)25(19,30)24-26-10-12-27(24)2/h8-10,12-13,15,19-20,30H,4-7,11,14,16-17H2,1-3H3/t19-,20-/m0/s1. The molecule has 3 aromatic rings. The van der Waals surface area contributed by atoms with Crippen molar-refractivity contribution >= 4 is 10.9 Å². The Morgan fingerprint density at radius 3 is 2.65 bits per heavy atom. The van der Waals surface area contributed by atoms with Gasteiger partial charge in [-0.05, 0) is 43.0 Å². The summed E-state index contributed by atoms with van der Waals surface area (Å²) in [5.74, 6) is 2.19. The van der Waals surface area contributed by atoms with Gasteiger partial charge in [-0.3, -0.25) is 4.90 Å². The molecule has 166 valence electrons. The van der Waals surface area contributed by atoms with Crippen molar-refractivity contribution in [1.82, 2.24) is 19.0 Å². The summed E-state index contributed by atoms with van der Waals surface area (Å²) in [5, 5.41) is 13.1. The number of fused-ring (bicyclic) bond motifs is 3. The normalized spacial score (nSPS) is 26.5. The molecule has 2 aromatic heterocycles. The molecule has 0 radical (unpaired) electrons. The van der Waals surface area contributed by atoms with Crippen LogP contribution in [0.3, 0.4) is 0 Å². The summed E-state index contributed by atoms with van der Waals surface area (Å²) < 4.78 is 9.89. The van der Waals surface area contributed by atoms with E-state index in [0.717, 1.165) is 57.0 Å². The number of hydrogen-bond acceptors (Lipinski definition) is 4. The van der Waals surface area contributed by atoms with Crippen molar-refractivity contribution in [2.75, 3.05) is 20.2 Å². The van der Waals surface area contributed by atoms with E-state index in [-0.39, 0.29) is 11.8 Å². The monoisotopic (exact) mass is 422 g/mol. The smallest absolute Gasteiger partial charge is 0.141 e. The van der Waals surface area contributed by atoms with Gasteiger partial charge >= 0.3 is 0 Å². The van der Waals surface area contributed by atoms with Crippen LogP contribution >= 0.6 is 0 Å². The molecule has 1 saturated heterocycles. The number of imidazole rings is 1. The van der Waals surface area contributed by atoms with Gasteiger partial charge in [0.25, 0.3) is 0 Å². The van der Waals surface area contributed by atoms with Gasteiger partial charge in [-0.1, -0.05) is 13.3 Å². The molecule has 0 spiro atoms. The third-order valence-corrected chi connectivity index (χ3v) is 7.52. The highest BCUT2D eigenvalue weighted by Gasteiger charge is 2.53. The first-order valence-corrected chi connectivity index (χ1v) is 11.6. The lowest BCUT2D eigenvalue weighted by atomic mass is 9.65. The molecule has 1 aromatic carbocycles. The number of benzene rings is 1. The van der Waals surface area contributed by atoms with Crippen molar-refractivity contribution in [1.29, 1.82) is 0 Å². The molecule has 2 fully saturated rings. The Morgan fingerprint density at radius 1 is 1.23 bits per heavy atom. The van der Waals surface area contributed by atoms with E-state index in [4.69, 9.17) is 4.74 Å². The third-order valence-electron chi connectivity index (χ3n) is 7.52. The molecule has 3 heterocycles. The van der Waals surface area contributed by atoms with Crippen molar-refractivity contribution in [2.24, 2.45) is 18.9 Å². The van der Waals surface area contributed by atoms with Crippen molar-refractivity contribution in [3.05, 3.63) is 48.2 Å². The highest BCUT2D eigenvalue weighted by molar-refractivity contribution is 5.85. The Kier molecular flexibility index (Phi) is 5.30. The molecule has 1 saturated carbocycles. The van der Waals surface area contributed by atoms with E-state index in [1.807, 2.05) is 24.0 Å². The Morgan fingerprint density at radius 2 is 2.00 bits per heavy atom. The number of methoxy groups -OCH3 is 1. The molecule has 2 atom stereocenters. The van der Waals surface area contributed by atoms with Crippen LogP contribution in [0.15, 0.2) is 36.8 Å². The average molecular weight is 423 g/mol. The zero-order valence-electron chi connectivity index (χ0n) is 18.9. The first kappa shape index (κ1) is 20.6. The van der Waals surface area contributed by atoms with Crippen LogP contribution in [0.2, 0.25) is 0 Å². The van der Waals surface area contributed by atoms with Gasteiger partial charge in [-0.2, -0.15) is 0 Å². The molecule has 1 aliphatic carbocycles. The zero-order chi connectivity index (χ0) is 21.6. The third kappa shape index (κ3) is 3.37.